The summed E-state index contributed by atoms with van der Waals surface area (Å²) in [6.45, 7) is 0. The molecule has 0 aliphatic carbocycles. The van der Waals surface area contributed by atoms with Gasteiger partial charge >= 0.3 is 5.97 Å². The maximum absolute atomic E-state index is 12.2. The first-order valence-electron chi connectivity index (χ1n) is 3.65. The van der Waals surface area contributed by atoms with E-state index in [4.69, 9.17) is 5.11 Å². The van der Waals surface area contributed by atoms with E-state index < -0.39 is 12.4 Å². The molecule has 1 heterocycles. The SMILES string of the molecule is O=C(O)Cc1cc(C(F)F)cnc1I. The first kappa shape index (κ1) is 11.3. The van der Waals surface area contributed by atoms with Gasteiger partial charge < -0.3 is 5.11 Å². The summed E-state index contributed by atoms with van der Waals surface area (Å²) < 4.78 is 24.9. The average molecular weight is 313 g/mol. The molecule has 14 heavy (non-hydrogen) atoms. The van der Waals surface area contributed by atoms with E-state index in [0.717, 1.165) is 6.20 Å². The molecule has 0 fully saturated rings. The van der Waals surface area contributed by atoms with E-state index in [-0.39, 0.29) is 12.0 Å². The molecule has 1 aromatic heterocycles. The monoisotopic (exact) mass is 313 g/mol. The van der Waals surface area contributed by atoms with Crippen LogP contribution in [0.2, 0.25) is 0 Å². The predicted molar refractivity (Wildman–Crippen MR) is 53.3 cm³/mol. The number of alkyl halides is 2. The van der Waals surface area contributed by atoms with E-state index in [1.165, 1.54) is 6.07 Å². The molecular weight excluding hydrogens is 307 g/mol. The largest absolute Gasteiger partial charge is 0.481 e. The van der Waals surface area contributed by atoms with Gasteiger partial charge in [-0.3, -0.25) is 4.79 Å². The highest BCUT2D eigenvalue weighted by atomic mass is 127. The zero-order valence-electron chi connectivity index (χ0n) is 6.88. The first-order chi connectivity index (χ1) is 6.50. The van der Waals surface area contributed by atoms with Crippen LogP contribution in [0.5, 0.6) is 0 Å². The van der Waals surface area contributed by atoms with Crippen LogP contribution in [0.4, 0.5) is 8.78 Å². The average Bonchev–Trinajstić information content (AvgIpc) is 2.07. The Kier molecular flexibility index (Phi) is 3.73. The quantitative estimate of drug-likeness (QED) is 0.688. The molecule has 0 aromatic carbocycles. The molecule has 0 amide bonds. The lowest BCUT2D eigenvalue weighted by Crippen LogP contribution is -2.04. The van der Waals surface area contributed by atoms with E-state index in [0.29, 0.717) is 9.26 Å². The van der Waals surface area contributed by atoms with Crippen molar-refractivity contribution in [1.29, 1.82) is 0 Å². The Morgan fingerprint density at radius 2 is 2.29 bits per heavy atom. The molecule has 0 aliphatic heterocycles. The Bertz CT molecular complexity index is 357. The van der Waals surface area contributed by atoms with Crippen molar-refractivity contribution in [2.45, 2.75) is 12.8 Å². The highest BCUT2D eigenvalue weighted by Crippen LogP contribution is 2.21. The number of aliphatic carboxylic acids is 1. The van der Waals surface area contributed by atoms with E-state index in [2.05, 4.69) is 4.98 Å². The van der Waals surface area contributed by atoms with Crippen LogP contribution in [0.25, 0.3) is 0 Å². The van der Waals surface area contributed by atoms with Gasteiger partial charge in [0.2, 0.25) is 0 Å². The number of hydrogen-bond donors (Lipinski definition) is 1. The lowest BCUT2D eigenvalue weighted by atomic mass is 10.1. The van der Waals surface area contributed by atoms with Gasteiger partial charge in [-0.25, -0.2) is 13.8 Å². The lowest BCUT2D eigenvalue weighted by Gasteiger charge is -2.04. The van der Waals surface area contributed by atoms with Crippen LogP contribution in [-0.2, 0) is 11.2 Å². The van der Waals surface area contributed by atoms with Gasteiger partial charge in [0.1, 0.15) is 3.70 Å². The minimum absolute atomic E-state index is 0.248. The molecule has 76 valence electrons. The highest BCUT2D eigenvalue weighted by Gasteiger charge is 2.12. The molecule has 0 spiro atoms. The number of carboxylic acid groups (broad SMARTS) is 1. The second-order valence-corrected chi connectivity index (χ2v) is 3.61. The third-order valence-electron chi connectivity index (χ3n) is 1.53. The van der Waals surface area contributed by atoms with E-state index in [1.54, 1.807) is 0 Å². The van der Waals surface area contributed by atoms with Crippen molar-refractivity contribution < 1.29 is 18.7 Å². The maximum atomic E-state index is 12.2. The number of carbonyl (C=O) groups is 1. The number of halogens is 3. The molecule has 0 radical (unpaired) electrons. The fourth-order valence-electron chi connectivity index (χ4n) is 0.918. The molecule has 1 rings (SSSR count). The van der Waals surface area contributed by atoms with E-state index >= 15 is 0 Å². The van der Waals surface area contributed by atoms with Crippen LogP contribution >= 0.6 is 22.6 Å². The molecule has 0 atom stereocenters. The van der Waals surface area contributed by atoms with Gasteiger partial charge in [0.05, 0.1) is 6.42 Å². The number of aromatic nitrogens is 1. The zero-order chi connectivity index (χ0) is 10.7. The summed E-state index contributed by atoms with van der Waals surface area (Å²) in [6.07, 6.45) is -1.85. The Labute approximate surface area is 92.3 Å². The first-order valence-corrected chi connectivity index (χ1v) is 4.73. The second-order valence-electron chi connectivity index (χ2n) is 2.59. The van der Waals surface area contributed by atoms with Crippen molar-refractivity contribution in [1.82, 2.24) is 4.98 Å². The molecular formula is C8H6F2INO2. The summed E-state index contributed by atoms with van der Waals surface area (Å²) in [7, 11) is 0. The van der Waals surface area contributed by atoms with Crippen LogP contribution in [0.3, 0.4) is 0 Å². The third kappa shape index (κ3) is 2.86. The van der Waals surface area contributed by atoms with Gasteiger partial charge in [0.25, 0.3) is 6.43 Å². The van der Waals surface area contributed by atoms with E-state index in [1.807, 2.05) is 22.6 Å². The Hall–Kier alpha value is -0.790. The fourth-order valence-corrected chi connectivity index (χ4v) is 1.40. The van der Waals surface area contributed by atoms with Crippen LogP contribution in [-0.4, -0.2) is 16.1 Å². The topological polar surface area (TPSA) is 50.2 Å². The number of nitrogens with zero attached hydrogens (tertiary/aromatic N) is 1. The van der Waals surface area contributed by atoms with Gasteiger partial charge in [0.15, 0.2) is 0 Å². The molecule has 6 heteroatoms. The third-order valence-corrected chi connectivity index (χ3v) is 2.50. The molecule has 3 nitrogen and oxygen atoms in total. The predicted octanol–water partition coefficient (Wildman–Crippen LogP) is 2.25. The fraction of sp³-hybridized carbons (Fsp3) is 0.250. The summed E-state index contributed by atoms with van der Waals surface area (Å²) in [5.41, 5.74) is 0.0672. The van der Waals surface area contributed by atoms with Crippen LogP contribution in [0.1, 0.15) is 17.6 Å². The van der Waals surface area contributed by atoms with Crippen LogP contribution in [0.15, 0.2) is 12.3 Å². The van der Waals surface area contributed by atoms with Crippen molar-refractivity contribution in [3.8, 4) is 0 Å². The van der Waals surface area contributed by atoms with Crippen LogP contribution in [0, 0.1) is 3.70 Å². The molecule has 0 bridgehead atoms. The molecule has 1 N–H and O–H groups in total. The van der Waals surface area contributed by atoms with Crippen molar-refractivity contribution in [2.75, 3.05) is 0 Å². The Balaban J connectivity index is 3.02. The van der Waals surface area contributed by atoms with E-state index in [9.17, 15) is 13.6 Å². The summed E-state index contributed by atoms with van der Waals surface area (Å²) in [5.74, 6) is -1.06. The Morgan fingerprint density at radius 3 is 2.79 bits per heavy atom. The lowest BCUT2D eigenvalue weighted by molar-refractivity contribution is -0.136. The second kappa shape index (κ2) is 4.63. The molecule has 0 saturated carbocycles. The molecule has 0 saturated heterocycles. The maximum Gasteiger partial charge on any atom is 0.307 e. The molecule has 0 unspecified atom stereocenters. The van der Waals surface area contributed by atoms with Crippen molar-refractivity contribution in [3.05, 3.63) is 27.1 Å². The summed E-state index contributed by atoms with van der Waals surface area (Å²) in [4.78, 5) is 14.1. The normalized spacial score (nSPS) is 10.6. The van der Waals surface area contributed by atoms with Gasteiger partial charge in [-0.05, 0) is 34.2 Å². The number of pyridine rings is 1. The van der Waals surface area contributed by atoms with Gasteiger partial charge in [-0.2, -0.15) is 0 Å². The van der Waals surface area contributed by atoms with Gasteiger partial charge in [-0.15, -0.1) is 0 Å². The molecule has 1 aromatic rings. The Morgan fingerprint density at radius 1 is 1.64 bits per heavy atom. The van der Waals surface area contributed by atoms with Crippen molar-refractivity contribution in [2.24, 2.45) is 0 Å². The molecule has 0 aliphatic rings. The summed E-state index contributed by atoms with van der Waals surface area (Å²) in [6, 6.07) is 1.17. The zero-order valence-corrected chi connectivity index (χ0v) is 9.03. The number of carboxylic acids is 1. The van der Waals surface area contributed by atoms with Gasteiger partial charge in [-0.1, -0.05) is 0 Å². The summed E-state index contributed by atoms with van der Waals surface area (Å²) in [5, 5.41) is 8.50. The summed E-state index contributed by atoms with van der Waals surface area (Å²) >= 11 is 1.81. The standard InChI is InChI=1S/C8H6F2INO2/c9-7(10)5-1-4(2-6(13)14)8(11)12-3-5/h1,3,7H,2H2,(H,13,14). The van der Waals surface area contributed by atoms with Crippen LogP contribution < -0.4 is 0 Å². The number of rotatable bonds is 3. The smallest absolute Gasteiger partial charge is 0.307 e. The number of hydrogen-bond acceptors (Lipinski definition) is 2. The van der Waals surface area contributed by atoms with Crippen molar-refractivity contribution in [3.63, 3.8) is 0 Å². The highest BCUT2D eigenvalue weighted by molar-refractivity contribution is 14.1. The minimum atomic E-state index is -2.62. The van der Waals surface area contributed by atoms with Crippen molar-refractivity contribution >= 4 is 28.6 Å². The minimum Gasteiger partial charge on any atom is -0.481 e. The van der Waals surface area contributed by atoms with Gasteiger partial charge in [0, 0.05) is 11.8 Å².